The average Bonchev–Trinajstić information content (AvgIpc) is 3.27. The Bertz CT molecular complexity index is 1060. The number of nitrogens with zero attached hydrogens (tertiary/aromatic N) is 4. The van der Waals surface area contributed by atoms with Gasteiger partial charge in [-0.25, -0.2) is 14.0 Å². The van der Waals surface area contributed by atoms with Crippen molar-refractivity contribution in [2.75, 3.05) is 25.0 Å². The molecule has 0 aliphatic carbocycles. The van der Waals surface area contributed by atoms with Crippen LogP contribution in [0.5, 0.6) is 0 Å². The van der Waals surface area contributed by atoms with Gasteiger partial charge >= 0.3 is 6.03 Å². The number of carbonyl (C=O) groups excluding carboxylic acids is 1. The van der Waals surface area contributed by atoms with Gasteiger partial charge in [0.05, 0.1) is 12.1 Å². The number of carbonyl (C=O) groups is 1. The molecule has 29 heavy (non-hydrogen) atoms. The van der Waals surface area contributed by atoms with E-state index in [-0.39, 0.29) is 12.1 Å². The Morgan fingerprint density at radius 2 is 2.00 bits per heavy atom. The van der Waals surface area contributed by atoms with Gasteiger partial charge in [-0.05, 0) is 24.3 Å². The number of piperidine rings is 1. The van der Waals surface area contributed by atoms with Gasteiger partial charge in [0, 0.05) is 50.0 Å². The highest BCUT2D eigenvalue weighted by atomic mass is 35.5. The number of urea groups is 1. The zero-order chi connectivity index (χ0) is 19.8. The fraction of sp³-hybridized carbons (Fsp3) is 0.381. The van der Waals surface area contributed by atoms with E-state index in [1.165, 1.54) is 0 Å². The zero-order valence-electron chi connectivity index (χ0n) is 16.1. The number of hydrogen-bond acceptors (Lipinski definition) is 4. The highest BCUT2D eigenvalue weighted by Gasteiger charge is 2.52. The topological polar surface area (TPSA) is 71.8 Å². The quantitative estimate of drug-likeness (QED) is 0.627. The lowest BCUT2D eigenvalue weighted by molar-refractivity contribution is 0.174. The van der Waals surface area contributed by atoms with Gasteiger partial charge in [0.2, 0.25) is 0 Å². The standard InChI is InChI=1S/C21H23ClN6O/c22-15-6-7-20-18(14-15)24-21(29)28(20,16-8-10-23-11-9-16)13-3-12-27-19-5-2-1-4-17(19)25-26-27/h1-2,4-7,14,16,23H,3,8-13H2/p+1. The van der Waals surface area contributed by atoms with Crippen molar-refractivity contribution in [1.82, 2.24) is 24.8 Å². The Morgan fingerprint density at radius 3 is 2.86 bits per heavy atom. The Labute approximate surface area is 174 Å². The van der Waals surface area contributed by atoms with E-state index in [2.05, 4.69) is 20.9 Å². The largest absolute Gasteiger partial charge is 0.426 e. The summed E-state index contributed by atoms with van der Waals surface area (Å²) >= 11 is 6.19. The van der Waals surface area contributed by atoms with Gasteiger partial charge < -0.3 is 5.32 Å². The van der Waals surface area contributed by atoms with Crippen LogP contribution in [0.1, 0.15) is 19.3 Å². The molecule has 1 saturated heterocycles. The van der Waals surface area contributed by atoms with E-state index < -0.39 is 0 Å². The summed E-state index contributed by atoms with van der Waals surface area (Å²) in [6, 6.07) is 14.0. The molecule has 150 valence electrons. The SMILES string of the molecule is O=C1Nc2cc(Cl)ccc2[N+]1(CCCn1nnc2ccccc21)C1CCNCC1. The number of nitrogens with one attached hydrogen (secondary N) is 2. The van der Waals surface area contributed by atoms with Crippen LogP contribution in [-0.4, -0.2) is 46.7 Å². The number of halogens is 1. The lowest BCUT2D eigenvalue weighted by Crippen LogP contribution is -2.62. The number of quaternary nitrogens is 1. The van der Waals surface area contributed by atoms with Crippen LogP contribution in [0.3, 0.4) is 0 Å². The van der Waals surface area contributed by atoms with E-state index in [9.17, 15) is 4.79 Å². The van der Waals surface area contributed by atoms with Gasteiger partial charge in [-0.1, -0.05) is 28.9 Å². The molecule has 2 N–H and O–H groups in total. The number of fused-ring (bicyclic) bond motifs is 2. The summed E-state index contributed by atoms with van der Waals surface area (Å²) in [4.78, 5) is 13.3. The normalized spacial score (nSPS) is 22.0. The minimum atomic E-state index is 0.0533. The third kappa shape index (κ3) is 3.10. The summed E-state index contributed by atoms with van der Waals surface area (Å²) in [6.45, 7) is 3.32. The lowest BCUT2D eigenvalue weighted by atomic mass is 10.00. The van der Waals surface area contributed by atoms with Crippen LogP contribution < -0.4 is 15.1 Å². The van der Waals surface area contributed by atoms with Crippen molar-refractivity contribution in [3.05, 3.63) is 47.5 Å². The Balaban J connectivity index is 1.45. The Morgan fingerprint density at radius 1 is 1.17 bits per heavy atom. The van der Waals surface area contributed by atoms with Crippen molar-refractivity contribution in [3.8, 4) is 0 Å². The summed E-state index contributed by atoms with van der Waals surface area (Å²) in [5.41, 5.74) is 3.80. The predicted octanol–water partition coefficient (Wildman–Crippen LogP) is 3.78. The summed E-state index contributed by atoms with van der Waals surface area (Å²) in [7, 11) is 0. The molecule has 8 heteroatoms. The van der Waals surface area contributed by atoms with Crippen LogP contribution in [0.15, 0.2) is 42.5 Å². The van der Waals surface area contributed by atoms with Gasteiger partial charge in [0.15, 0.2) is 5.69 Å². The maximum atomic E-state index is 13.3. The molecule has 1 fully saturated rings. The molecular formula is C21H24ClN6O+. The van der Waals surface area contributed by atoms with Crippen LogP contribution in [0.2, 0.25) is 5.02 Å². The molecule has 0 radical (unpaired) electrons. The summed E-state index contributed by atoms with van der Waals surface area (Å²) in [5, 5.41) is 15.7. The summed E-state index contributed by atoms with van der Waals surface area (Å²) < 4.78 is 2.28. The van der Waals surface area contributed by atoms with E-state index in [0.29, 0.717) is 9.51 Å². The summed E-state index contributed by atoms with van der Waals surface area (Å²) in [6.07, 6.45) is 2.77. The predicted molar refractivity (Wildman–Crippen MR) is 115 cm³/mol. The Kier molecular flexibility index (Phi) is 4.73. The second kappa shape index (κ2) is 7.40. The third-order valence-electron chi connectivity index (χ3n) is 6.23. The molecule has 1 aromatic heterocycles. The van der Waals surface area contributed by atoms with Crippen LogP contribution in [0.25, 0.3) is 11.0 Å². The van der Waals surface area contributed by atoms with Gasteiger partial charge in [0.25, 0.3) is 0 Å². The van der Waals surface area contributed by atoms with Gasteiger partial charge in [-0.15, -0.1) is 5.10 Å². The molecular weight excluding hydrogens is 388 g/mol. The van der Waals surface area contributed by atoms with Crippen molar-refractivity contribution < 1.29 is 4.79 Å². The van der Waals surface area contributed by atoms with Crippen molar-refractivity contribution >= 4 is 40.0 Å². The van der Waals surface area contributed by atoms with Crippen molar-refractivity contribution in [2.24, 2.45) is 0 Å². The molecule has 0 saturated carbocycles. The highest BCUT2D eigenvalue weighted by Crippen LogP contribution is 2.44. The second-order valence-corrected chi connectivity index (χ2v) is 8.26. The van der Waals surface area contributed by atoms with Gasteiger partial charge in [-0.3, -0.25) is 5.32 Å². The van der Waals surface area contributed by atoms with E-state index in [0.717, 1.165) is 67.8 Å². The molecule has 5 rings (SSSR count). The number of hydrogen-bond donors (Lipinski definition) is 2. The minimum Gasteiger partial charge on any atom is -0.316 e. The summed E-state index contributed by atoms with van der Waals surface area (Å²) in [5.74, 6) is 0. The van der Waals surface area contributed by atoms with Gasteiger partial charge in [0.1, 0.15) is 17.2 Å². The van der Waals surface area contributed by atoms with E-state index in [4.69, 9.17) is 11.6 Å². The van der Waals surface area contributed by atoms with Crippen molar-refractivity contribution in [2.45, 2.75) is 31.8 Å². The van der Waals surface area contributed by atoms with Crippen molar-refractivity contribution in [1.29, 1.82) is 0 Å². The van der Waals surface area contributed by atoms with E-state index in [1.807, 2.05) is 47.1 Å². The van der Waals surface area contributed by atoms with Gasteiger partial charge in [-0.2, -0.15) is 0 Å². The first-order valence-corrected chi connectivity index (χ1v) is 10.5. The number of amides is 2. The molecule has 1 atom stereocenters. The van der Waals surface area contributed by atoms with Crippen LogP contribution in [0.4, 0.5) is 16.2 Å². The fourth-order valence-corrected chi connectivity index (χ4v) is 5.02. The maximum Gasteiger partial charge on any atom is 0.426 e. The molecule has 2 aliphatic heterocycles. The molecule has 1 unspecified atom stereocenters. The lowest BCUT2D eigenvalue weighted by Gasteiger charge is -2.40. The number of benzene rings is 2. The fourth-order valence-electron chi connectivity index (χ4n) is 4.85. The second-order valence-electron chi connectivity index (χ2n) is 7.82. The van der Waals surface area contributed by atoms with Crippen LogP contribution in [0, 0.1) is 0 Å². The Hall–Kier alpha value is -2.48. The van der Waals surface area contributed by atoms with Crippen molar-refractivity contribution in [3.63, 3.8) is 0 Å². The smallest absolute Gasteiger partial charge is 0.316 e. The molecule has 2 aromatic carbocycles. The monoisotopic (exact) mass is 411 g/mol. The molecule has 3 heterocycles. The third-order valence-corrected chi connectivity index (χ3v) is 6.46. The number of aromatic nitrogens is 3. The first-order chi connectivity index (χ1) is 14.2. The molecule has 7 nitrogen and oxygen atoms in total. The number of rotatable bonds is 5. The number of aryl methyl sites for hydroxylation is 1. The highest BCUT2D eigenvalue weighted by molar-refractivity contribution is 6.31. The maximum absolute atomic E-state index is 13.3. The van der Waals surface area contributed by atoms with Crippen LogP contribution >= 0.6 is 11.6 Å². The first kappa shape index (κ1) is 18.5. The number of anilines is 1. The molecule has 2 amide bonds. The van der Waals surface area contributed by atoms with E-state index >= 15 is 0 Å². The molecule has 3 aromatic rings. The molecule has 0 bridgehead atoms. The van der Waals surface area contributed by atoms with Crippen LogP contribution in [-0.2, 0) is 6.54 Å². The molecule has 0 spiro atoms. The molecule has 2 aliphatic rings. The average molecular weight is 412 g/mol. The minimum absolute atomic E-state index is 0.0533. The van der Waals surface area contributed by atoms with E-state index in [1.54, 1.807) is 0 Å². The number of para-hydroxylation sites is 1. The zero-order valence-corrected chi connectivity index (χ0v) is 16.9. The first-order valence-electron chi connectivity index (χ1n) is 10.2.